The molecule has 0 spiro atoms. The van der Waals surface area contributed by atoms with Gasteiger partial charge in [-0.3, -0.25) is 14.4 Å². The van der Waals surface area contributed by atoms with Crippen LogP contribution in [0.5, 0.6) is 0 Å². The zero-order valence-electron chi connectivity index (χ0n) is 15.6. The maximum absolute atomic E-state index is 12.3. The van der Waals surface area contributed by atoms with E-state index in [1.165, 1.54) is 6.92 Å². The minimum absolute atomic E-state index is 0.0405. The lowest BCUT2D eigenvalue weighted by Crippen LogP contribution is -2.22. The largest absolute Gasteiger partial charge is 0.454 e. The number of carbonyl (C=O) groups is 3. The third-order valence-corrected chi connectivity index (χ3v) is 4.17. The zero-order valence-corrected chi connectivity index (χ0v) is 15.6. The number of ketones is 1. The lowest BCUT2D eigenvalue weighted by Gasteiger charge is -2.05. The molecule has 0 saturated heterocycles. The average Bonchev–Trinajstić information content (AvgIpc) is 3.16. The fourth-order valence-electron chi connectivity index (χ4n) is 2.55. The number of Topliss-reactive ketones (excluding diaryl/α,β-unsaturated/α-hetero) is 1. The van der Waals surface area contributed by atoms with E-state index in [1.807, 2.05) is 19.1 Å². The number of hydrogen-bond acceptors (Lipinski definition) is 4. The molecule has 0 radical (unpaired) electrons. The molecule has 2 amide bonds. The van der Waals surface area contributed by atoms with Gasteiger partial charge in [0.25, 0.3) is 11.8 Å². The molecule has 3 rings (SSSR count). The van der Waals surface area contributed by atoms with Crippen molar-refractivity contribution in [3.05, 3.63) is 88.9 Å². The van der Waals surface area contributed by atoms with Crippen LogP contribution in [0.15, 0.2) is 65.1 Å². The molecule has 142 valence electrons. The molecule has 1 heterocycles. The van der Waals surface area contributed by atoms with Crippen LogP contribution in [0.2, 0.25) is 0 Å². The SMILES string of the molecule is CC(=O)c1ccc(NC(=O)c2ccc(CNC(=O)c3ccc(C)cc3)o2)cc1. The van der Waals surface area contributed by atoms with Gasteiger partial charge in [-0.1, -0.05) is 17.7 Å². The van der Waals surface area contributed by atoms with Gasteiger partial charge in [-0.15, -0.1) is 0 Å². The Hall–Kier alpha value is -3.67. The monoisotopic (exact) mass is 376 g/mol. The number of nitrogens with one attached hydrogen (secondary N) is 2. The zero-order chi connectivity index (χ0) is 20.1. The number of benzene rings is 2. The van der Waals surface area contributed by atoms with Crippen LogP contribution in [0.3, 0.4) is 0 Å². The van der Waals surface area contributed by atoms with Gasteiger partial charge in [-0.2, -0.15) is 0 Å². The molecule has 2 aromatic carbocycles. The first-order chi connectivity index (χ1) is 13.4. The van der Waals surface area contributed by atoms with Crippen LogP contribution in [-0.2, 0) is 6.54 Å². The molecule has 0 unspecified atom stereocenters. The van der Waals surface area contributed by atoms with Crippen molar-refractivity contribution in [2.75, 3.05) is 5.32 Å². The molecule has 2 N–H and O–H groups in total. The van der Waals surface area contributed by atoms with E-state index in [9.17, 15) is 14.4 Å². The summed E-state index contributed by atoms with van der Waals surface area (Å²) in [6.07, 6.45) is 0. The van der Waals surface area contributed by atoms with Crippen LogP contribution in [0.4, 0.5) is 5.69 Å². The summed E-state index contributed by atoms with van der Waals surface area (Å²) >= 11 is 0. The van der Waals surface area contributed by atoms with Crippen molar-refractivity contribution in [3.63, 3.8) is 0 Å². The summed E-state index contributed by atoms with van der Waals surface area (Å²) in [7, 11) is 0. The first kappa shape index (κ1) is 19.1. The minimum Gasteiger partial charge on any atom is -0.454 e. The van der Waals surface area contributed by atoms with E-state index in [2.05, 4.69) is 10.6 Å². The number of amides is 2. The summed E-state index contributed by atoms with van der Waals surface area (Å²) in [6, 6.07) is 17.0. The standard InChI is InChI=1S/C22H20N2O4/c1-14-3-5-17(6-4-14)21(26)23-13-19-11-12-20(28-19)22(27)24-18-9-7-16(8-10-18)15(2)25/h3-12H,13H2,1-2H3,(H,23,26)(H,24,27). The molecule has 3 aromatic rings. The van der Waals surface area contributed by atoms with Gasteiger partial charge in [0, 0.05) is 16.8 Å². The quantitative estimate of drug-likeness (QED) is 0.637. The van der Waals surface area contributed by atoms with Gasteiger partial charge >= 0.3 is 0 Å². The number of carbonyl (C=O) groups excluding carboxylic acids is 3. The topological polar surface area (TPSA) is 88.4 Å². The van der Waals surface area contributed by atoms with Crippen LogP contribution in [0, 0.1) is 6.92 Å². The van der Waals surface area contributed by atoms with Crippen molar-refractivity contribution in [2.24, 2.45) is 0 Å². The van der Waals surface area contributed by atoms with E-state index >= 15 is 0 Å². The van der Waals surface area contributed by atoms with E-state index in [0.717, 1.165) is 5.56 Å². The molecule has 6 nitrogen and oxygen atoms in total. The van der Waals surface area contributed by atoms with Gasteiger partial charge in [0.05, 0.1) is 6.54 Å². The Morgan fingerprint density at radius 2 is 1.46 bits per heavy atom. The fraction of sp³-hybridized carbons (Fsp3) is 0.136. The van der Waals surface area contributed by atoms with E-state index in [0.29, 0.717) is 22.6 Å². The number of anilines is 1. The molecule has 0 saturated carbocycles. The first-order valence-electron chi connectivity index (χ1n) is 8.78. The highest BCUT2D eigenvalue weighted by atomic mass is 16.4. The lowest BCUT2D eigenvalue weighted by molar-refractivity contribution is 0.0947. The van der Waals surface area contributed by atoms with Crippen LogP contribution in [0.25, 0.3) is 0 Å². The third-order valence-electron chi connectivity index (χ3n) is 4.17. The van der Waals surface area contributed by atoms with Gasteiger partial charge in [-0.05, 0) is 62.4 Å². The highest BCUT2D eigenvalue weighted by Gasteiger charge is 2.13. The number of rotatable bonds is 6. The Bertz CT molecular complexity index is 1000. The highest BCUT2D eigenvalue weighted by Crippen LogP contribution is 2.14. The van der Waals surface area contributed by atoms with Gasteiger partial charge < -0.3 is 15.1 Å². The average molecular weight is 376 g/mol. The Labute approximate surface area is 162 Å². The van der Waals surface area contributed by atoms with Crippen molar-refractivity contribution in [3.8, 4) is 0 Å². The van der Waals surface area contributed by atoms with Crippen LogP contribution in [0.1, 0.15) is 49.5 Å². The minimum atomic E-state index is -0.410. The Kier molecular flexibility index (Phi) is 5.69. The molecule has 0 aliphatic rings. The molecule has 0 atom stereocenters. The Morgan fingerprint density at radius 3 is 2.11 bits per heavy atom. The molecular weight excluding hydrogens is 356 g/mol. The second-order valence-electron chi connectivity index (χ2n) is 6.40. The Morgan fingerprint density at radius 1 is 0.821 bits per heavy atom. The molecule has 28 heavy (non-hydrogen) atoms. The summed E-state index contributed by atoms with van der Waals surface area (Å²) in [5.74, 6) is -0.0614. The molecule has 0 aliphatic heterocycles. The molecule has 0 bridgehead atoms. The summed E-state index contributed by atoms with van der Waals surface area (Å²) in [5.41, 5.74) is 2.77. The Balaban J connectivity index is 1.57. The number of furan rings is 1. The molecular formula is C22H20N2O4. The van der Waals surface area contributed by atoms with Crippen molar-refractivity contribution < 1.29 is 18.8 Å². The van der Waals surface area contributed by atoms with Crippen LogP contribution in [-0.4, -0.2) is 17.6 Å². The van der Waals surface area contributed by atoms with E-state index < -0.39 is 5.91 Å². The second-order valence-corrected chi connectivity index (χ2v) is 6.40. The number of aryl methyl sites for hydroxylation is 1. The van der Waals surface area contributed by atoms with E-state index in [-0.39, 0.29) is 24.0 Å². The fourth-order valence-corrected chi connectivity index (χ4v) is 2.55. The normalized spacial score (nSPS) is 10.4. The van der Waals surface area contributed by atoms with Gasteiger partial charge in [0.1, 0.15) is 5.76 Å². The molecule has 1 aromatic heterocycles. The third kappa shape index (κ3) is 4.73. The van der Waals surface area contributed by atoms with Crippen LogP contribution < -0.4 is 10.6 Å². The predicted octanol–water partition coefficient (Wildman–Crippen LogP) is 3.97. The van der Waals surface area contributed by atoms with Crippen LogP contribution >= 0.6 is 0 Å². The van der Waals surface area contributed by atoms with Crippen molar-refractivity contribution >= 4 is 23.3 Å². The van der Waals surface area contributed by atoms with Gasteiger partial charge in [0.2, 0.25) is 0 Å². The van der Waals surface area contributed by atoms with Crippen molar-refractivity contribution in [1.82, 2.24) is 5.32 Å². The lowest BCUT2D eigenvalue weighted by atomic mass is 10.1. The van der Waals surface area contributed by atoms with E-state index in [1.54, 1.807) is 48.5 Å². The number of hydrogen-bond donors (Lipinski definition) is 2. The van der Waals surface area contributed by atoms with Crippen molar-refractivity contribution in [1.29, 1.82) is 0 Å². The highest BCUT2D eigenvalue weighted by molar-refractivity contribution is 6.02. The molecule has 6 heteroatoms. The summed E-state index contributed by atoms with van der Waals surface area (Å²) in [5, 5.41) is 5.46. The van der Waals surface area contributed by atoms with Crippen molar-refractivity contribution in [2.45, 2.75) is 20.4 Å². The maximum atomic E-state index is 12.3. The first-order valence-corrected chi connectivity index (χ1v) is 8.78. The summed E-state index contributed by atoms with van der Waals surface area (Å²) in [4.78, 5) is 35.7. The van der Waals surface area contributed by atoms with E-state index in [4.69, 9.17) is 4.42 Å². The van der Waals surface area contributed by atoms with Gasteiger partial charge in [-0.25, -0.2) is 0 Å². The summed E-state index contributed by atoms with van der Waals surface area (Å²) < 4.78 is 5.50. The molecule has 0 fully saturated rings. The summed E-state index contributed by atoms with van der Waals surface area (Å²) in [6.45, 7) is 3.61. The van der Waals surface area contributed by atoms with Gasteiger partial charge in [0.15, 0.2) is 11.5 Å². The molecule has 0 aliphatic carbocycles. The predicted molar refractivity (Wildman–Crippen MR) is 105 cm³/mol. The smallest absolute Gasteiger partial charge is 0.291 e. The maximum Gasteiger partial charge on any atom is 0.291 e. The second kappa shape index (κ2) is 8.35.